The third kappa shape index (κ3) is 3.72. The van der Waals surface area contributed by atoms with Crippen LogP contribution < -0.4 is 5.32 Å². The topological polar surface area (TPSA) is 12.0 Å². The van der Waals surface area contributed by atoms with Crippen molar-refractivity contribution >= 4 is 33.2 Å². The van der Waals surface area contributed by atoms with Crippen molar-refractivity contribution in [3.05, 3.63) is 63.3 Å². The Hall–Kier alpha value is -1.06. The molecule has 4 heteroatoms. The lowest BCUT2D eigenvalue weighted by Crippen LogP contribution is -1.99. The summed E-state index contributed by atoms with van der Waals surface area (Å²) in [7, 11) is 0. The van der Waals surface area contributed by atoms with Crippen molar-refractivity contribution < 1.29 is 4.39 Å². The molecule has 2 aromatic rings. The predicted octanol–water partition coefficient (Wildman–Crippen LogP) is 4.85. The Balaban J connectivity index is 2.04. The second kappa shape index (κ2) is 5.52. The highest BCUT2D eigenvalue weighted by Crippen LogP contribution is 2.17. The summed E-state index contributed by atoms with van der Waals surface area (Å²) in [6.45, 7) is 0.541. The lowest BCUT2D eigenvalue weighted by Gasteiger charge is -2.07. The predicted molar refractivity (Wildman–Crippen MR) is 72.9 cm³/mol. The van der Waals surface area contributed by atoms with Gasteiger partial charge in [-0.05, 0) is 48.0 Å². The highest BCUT2D eigenvalue weighted by atomic mass is 79.9. The molecule has 0 radical (unpaired) electrons. The number of hydrogen-bond acceptors (Lipinski definition) is 1. The van der Waals surface area contributed by atoms with Gasteiger partial charge in [0, 0.05) is 21.7 Å². The number of hydrogen-bond donors (Lipinski definition) is 1. The van der Waals surface area contributed by atoms with Gasteiger partial charge in [0.1, 0.15) is 5.82 Å². The molecule has 1 N–H and O–H groups in total. The maximum absolute atomic E-state index is 13.1. The van der Waals surface area contributed by atoms with Crippen LogP contribution >= 0.6 is 27.5 Å². The van der Waals surface area contributed by atoms with Gasteiger partial charge in [0.25, 0.3) is 0 Å². The molecule has 0 spiro atoms. The van der Waals surface area contributed by atoms with Gasteiger partial charge < -0.3 is 5.32 Å². The Bertz CT molecular complexity index is 493. The molecule has 17 heavy (non-hydrogen) atoms. The fourth-order valence-corrected chi connectivity index (χ4v) is 1.99. The van der Waals surface area contributed by atoms with Crippen LogP contribution in [0.5, 0.6) is 0 Å². The zero-order valence-electron chi connectivity index (χ0n) is 8.88. The smallest absolute Gasteiger partial charge is 0.125 e. The number of nitrogens with one attached hydrogen (secondary N) is 1. The first-order chi connectivity index (χ1) is 8.13. The van der Waals surface area contributed by atoms with Crippen molar-refractivity contribution in [2.45, 2.75) is 6.54 Å². The number of anilines is 1. The van der Waals surface area contributed by atoms with Gasteiger partial charge in [0.2, 0.25) is 0 Å². The van der Waals surface area contributed by atoms with Gasteiger partial charge in [-0.1, -0.05) is 27.5 Å². The van der Waals surface area contributed by atoms with Gasteiger partial charge in [-0.25, -0.2) is 4.39 Å². The first-order valence-corrected chi connectivity index (χ1v) is 6.25. The van der Waals surface area contributed by atoms with Crippen LogP contribution in [0.15, 0.2) is 46.9 Å². The minimum atomic E-state index is -0.315. The summed E-state index contributed by atoms with van der Waals surface area (Å²) in [5.41, 5.74) is 1.80. The van der Waals surface area contributed by atoms with Gasteiger partial charge >= 0.3 is 0 Å². The minimum Gasteiger partial charge on any atom is -0.381 e. The molecule has 0 aliphatic heterocycles. The SMILES string of the molecule is Fc1cc(Cl)cc(CNc2ccc(Br)cc2)c1. The first kappa shape index (κ1) is 12.4. The number of benzene rings is 2. The Morgan fingerprint density at radius 2 is 1.82 bits per heavy atom. The van der Waals surface area contributed by atoms with Gasteiger partial charge in [0.05, 0.1) is 0 Å². The van der Waals surface area contributed by atoms with Crippen molar-refractivity contribution in [3.8, 4) is 0 Å². The molecule has 0 bridgehead atoms. The van der Waals surface area contributed by atoms with E-state index in [1.165, 1.54) is 12.1 Å². The van der Waals surface area contributed by atoms with Crippen molar-refractivity contribution in [1.29, 1.82) is 0 Å². The van der Waals surface area contributed by atoms with Gasteiger partial charge in [-0.15, -0.1) is 0 Å². The van der Waals surface area contributed by atoms with E-state index in [2.05, 4.69) is 21.2 Å². The highest BCUT2D eigenvalue weighted by molar-refractivity contribution is 9.10. The van der Waals surface area contributed by atoms with E-state index in [0.29, 0.717) is 11.6 Å². The van der Waals surface area contributed by atoms with E-state index in [4.69, 9.17) is 11.6 Å². The molecule has 88 valence electrons. The lowest BCUT2D eigenvalue weighted by molar-refractivity contribution is 0.626. The van der Waals surface area contributed by atoms with Crippen LogP contribution in [-0.4, -0.2) is 0 Å². The van der Waals surface area contributed by atoms with Gasteiger partial charge in [-0.2, -0.15) is 0 Å². The maximum atomic E-state index is 13.1. The molecular formula is C13H10BrClFN. The Labute approximate surface area is 113 Å². The zero-order valence-corrected chi connectivity index (χ0v) is 11.2. The molecule has 0 saturated carbocycles. The monoisotopic (exact) mass is 313 g/mol. The third-order valence-corrected chi connectivity index (χ3v) is 3.01. The molecular weight excluding hydrogens is 305 g/mol. The first-order valence-electron chi connectivity index (χ1n) is 5.08. The molecule has 0 fully saturated rings. The van der Waals surface area contributed by atoms with Crippen LogP contribution in [0.1, 0.15) is 5.56 Å². The Kier molecular flexibility index (Phi) is 4.02. The average Bonchev–Trinajstić information content (AvgIpc) is 2.27. The van der Waals surface area contributed by atoms with E-state index in [-0.39, 0.29) is 5.82 Å². The van der Waals surface area contributed by atoms with Crippen LogP contribution in [0, 0.1) is 5.82 Å². The summed E-state index contributed by atoms with van der Waals surface area (Å²) < 4.78 is 14.1. The van der Waals surface area contributed by atoms with E-state index >= 15 is 0 Å². The average molecular weight is 315 g/mol. The van der Waals surface area contributed by atoms with E-state index in [1.807, 2.05) is 24.3 Å². The molecule has 2 rings (SSSR count). The number of halogens is 3. The van der Waals surface area contributed by atoms with E-state index in [0.717, 1.165) is 15.7 Å². The second-order valence-electron chi connectivity index (χ2n) is 3.64. The fourth-order valence-electron chi connectivity index (χ4n) is 1.48. The van der Waals surface area contributed by atoms with E-state index < -0.39 is 0 Å². The molecule has 0 aliphatic rings. The molecule has 0 saturated heterocycles. The highest BCUT2D eigenvalue weighted by Gasteiger charge is 1.99. The molecule has 0 aliphatic carbocycles. The van der Waals surface area contributed by atoms with Crippen molar-refractivity contribution in [2.75, 3.05) is 5.32 Å². The Morgan fingerprint density at radius 1 is 1.12 bits per heavy atom. The summed E-state index contributed by atoms with van der Waals surface area (Å²) >= 11 is 9.14. The van der Waals surface area contributed by atoms with Crippen molar-refractivity contribution in [1.82, 2.24) is 0 Å². The van der Waals surface area contributed by atoms with Crippen molar-refractivity contribution in [3.63, 3.8) is 0 Å². The van der Waals surface area contributed by atoms with Crippen LogP contribution in [0.25, 0.3) is 0 Å². The second-order valence-corrected chi connectivity index (χ2v) is 4.99. The summed E-state index contributed by atoms with van der Waals surface area (Å²) in [4.78, 5) is 0. The minimum absolute atomic E-state index is 0.315. The fraction of sp³-hybridized carbons (Fsp3) is 0.0769. The van der Waals surface area contributed by atoms with Crippen molar-refractivity contribution in [2.24, 2.45) is 0 Å². The largest absolute Gasteiger partial charge is 0.381 e. The molecule has 0 amide bonds. The van der Waals surface area contributed by atoms with E-state index in [9.17, 15) is 4.39 Å². The summed E-state index contributed by atoms with van der Waals surface area (Å²) in [5, 5.41) is 3.61. The van der Waals surface area contributed by atoms with Gasteiger partial charge in [-0.3, -0.25) is 0 Å². The molecule has 0 unspecified atom stereocenters. The summed E-state index contributed by atoms with van der Waals surface area (Å²) in [6, 6.07) is 12.3. The number of rotatable bonds is 3. The Morgan fingerprint density at radius 3 is 2.47 bits per heavy atom. The van der Waals surface area contributed by atoms with Crippen LogP contribution in [0.3, 0.4) is 0 Å². The summed E-state index contributed by atoms with van der Waals surface area (Å²) in [6.07, 6.45) is 0. The quantitative estimate of drug-likeness (QED) is 0.853. The standard InChI is InChI=1S/C13H10BrClFN/c14-10-1-3-13(4-2-10)17-8-9-5-11(15)7-12(16)6-9/h1-7,17H,8H2. The maximum Gasteiger partial charge on any atom is 0.125 e. The molecule has 1 nitrogen and oxygen atoms in total. The zero-order chi connectivity index (χ0) is 12.3. The third-order valence-electron chi connectivity index (χ3n) is 2.26. The van der Waals surface area contributed by atoms with Crippen LogP contribution in [-0.2, 0) is 6.54 Å². The molecule has 0 atom stereocenters. The van der Waals surface area contributed by atoms with E-state index in [1.54, 1.807) is 6.07 Å². The molecule has 2 aromatic carbocycles. The van der Waals surface area contributed by atoms with Gasteiger partial charge in [0.15, 0.2) is 0 Å². The molecule has 0 aromatic heterocycles. The lowest BCUT2D eigenvalue weighted by atomic mass is 10.2. The van der Waals surface area contributed by atoms with Crippen LogP contribution in [0.4, 0.5) is 10.1 Å². The van der Waals surface area contributed by atoms with Crippen LogP contribution in [0.2, 0.25) is 5.02 Å². The summed E-state index contributed by atoms with van der Waals surface area (Å²) in [5.74, 6) is -0.315. The molecule has 0 heterocycles. The normalized spacial score (nSPS) is 10.3.